The lowest BCUT2D eigenvalue weighted by Crippen LogP contribution is -2.40. The van der Waals surface area contributed by atoms with Gasteiger partial charge in [0.05, 0.1) is 0 Å². The Morgan fingerprint density at radius 1 is 1.20 bits per heavy atom. The maximum Gasteiger partial charge on any atom is 0.0170 e. The van der Waals surface area contributed by atoms with Crippen LogP contribution in [0.2, 0.25) is 0 Å². The third-order valence-corrected chi connectivity index (χ3v) is 4.00. The Labute approximate surface area is 99.2 Å². The van der Waals surface area contributed by atoms with Crippen LogP contribution in [0.1, 0.15) is 33.1 Å². The van der Waals surface area contributed by atoms with Crippen molar-refractivity contribution in [3.63, 3.8) is 0 Å². The van der Waals surface area contributed by atoms with Crippen molar-refractivity contribution in [3.8, 4) is 0 Å². The highest BCUT2D eigenvalue weighted by atomic mass is 32.2. The summed E-state index contributed by atoms with van der Waals surface area (Å²) in [7, 11) is 0. The zero-order valence-electron chi connectivity index (χ0n) is 10.3. The van der Waals surface area contributed by atoms with E-state index in [0.717, 1.165) is 6.04 Å². The van der Waals surface area contributed by atoms with Gasteiger partial charge in [-0.2, -0.15) is 11.8 Å². The van der Waals surface area contributed by atoms with Gasteiger partial charge in [0.15, 0.2) is 0 Å². The lowest BCUT2D eigenvalue weighted by molar-refractivity contribution is 0.260. The van der Waals surface area contributed by atoms with Crippen molar-refractivity contribution in [1.82, 2.24) is 10.2 Å². The summed E-state index contributed by atoms with van der Waals surface area (Å²) in [6.07, 6.45) is 3.90. The zero-order valence-corrected chi connectivity index (χ0v) is 11.1. The molecule has 0 spiro atoms. The molecule has 0 aromatic carbocycles. The van der Waals surface area contributed by atoms with E-state index in [1.807, 2.05) is 0 Å². The largest absolute Gasteiger partial charge is 0.312 e. The lowest BCUT2D eigenvalue weighted by Gasteiger charge is -2.27. The predicted molar refractivity (Wildman–Crippen MR) is 70.8 cm³/mol. The average Bonchev–Trinajstić information content (AvgIpc) is 2.28. The third-order valence-electron chi connectivity index (χ3n) is 2.87. The standard InChI is InChI=1S/C12H26N2S/c1-3-7-14(8-4-2)9-5-12-11-15-10-6-13-12/h12-13H,3-11H2,1-2H3. The topological polar surface area (TPSA) is 15.3 Å². The molecule has 1 N–H and O–H groups in total. The number of thioether (sulfide) groups is 1. The van der Waals surface area contributed by atoms with E-state index in [1.54, 1.807) is 0 Å². The van der Waals surface area contributed by atoms with Crippen LogP contribution in [0.25, 0.3) is 0 Å². The highest BCUT2D eigenvalue weighted by Gasteiger charge is 2.13. The summed E-state index contributed by atoms with van der Waals surface area (Å²) in [6, 6.07) is 0.764. The first kappa shape index (κ1) is 13.3. The Hall–Kier alpha value is 0.270. The Kier molecular flexibility index (Phi) is 7.49. The molecule has 1 aliphatic heterocycles. The minimum atomic E-state index is 0.764. The second-order valence-corrected chi connectivity index (χ2v) is 5.51. The Morgan fingerprint density at radius 3 is 2.47 bits per heavy atom. The summed E-state index contributed by atoms with van der Waals surface area (Å²) >= 11 is 2.10. The molecule has 1 rings (SSSR count). The van der Waals surface area contributed by atoms with E-state index in [1.165, 1.54) is 56.9 Å². The number of rotatable bonds is 7. The number of nitrogens with zero attached hydrogens (tertiary/aromatic N) is 1. The SMILES string of the molecule is CCCN(CCC)CCC1CSCCN1. The van der Waals surface area contributed by atoms with Crippen molar-refractivity contribution in [3.05, 3.63) is 0 Å². The molecule has 1 heterocycles. The van der Waals surface area contributed by atoms with E-state index in [4.69, 9.17) is 0 Å². The zero-order chi connectivity index (χ0) is 10.9. The molecular weight excluding hydrogens is 204 g/mol. The Balaban J connectivity index is 2.13. The minimum Gasteiger partial charge on any atom is -0.312 e. The first-order chi connectivity index (χ1) is 7.36. The summed E-state index contributed by atoms with van der Waals surface area (Å²) in [5, 5.41) is 3.61. The van der Waals surface area contributed by atoms with Crippen LogP contribution in [0.15, 0.2) is 0 Å². The molecule has 0 aliphatic carbocycles. The highest BCUT2D eigenvalue weighted by Crippen LogP contribution is 2.11. The van der Waals surface area contributed by atoms with E-state index >= 15 is 0 Å². The van der Waals surface area contributed by atoms with Crippen LogP contribution >= 0.6 is 11.8 Å². The van der Waals surface area contributed by atoms with Crippen molar-refractivity contribution < 1.29 is 0 Å². The normalized spacial score (nSPS) is 22.2. The molecule has 1 unspecified atom stereocenters. The van der Waals surface area contributed by atoms with E-state index in [9.17, 15) is 0 Å². The van der Waals surface area contributed by atoms with Crippen LogP contribution in [0.3, 0.4) is 0 Å². The molecule has 1 saturated heterocycles. The minimum absolute atomic E-state index is 0.764. The van der Waals surface area contributed by atoms with Crippen LogP contribution in [0.4, 0.5) is 0 Å². The smallest absolute Gasteiger partial charge is 0.0170 e. The fourth-order valence-corrected chi connectivity index (χ4v) is 3.11. The molecule has 2 nitrogen and oxygen atoms in total. The Bertz CT molecular complexity index is 141. The van der Waals surface area contributed by atoms with Crippen molar-refractivity contribution >= 4 is 11.8 Å². The second kappa shape index (κ2) is 8.43. The first-order valence-corrected chi connectivity index (χ1v) is 7.55. The first-order valence-electron chi connectivity index (χ1n) is 6.40. The van der Waals surface area contributed by atoms with Gasteiger partial charge in [0.1, 0.15) is 0 Å². The van der Waals surface area contributed by atoms with Crippen LogP contribution in [0, 0.1) is 0 Å². The molecule has 1 fully saturated rings. The fraction of sp³-hybridized carbons (Fsp3) is 1.00. The molecule has 0 aromatic heterocycles. The highest BCUT2D eigenvalue weighted by molar-refractivity contribution is 7.99. The van der Waals surface area contributed by atoms with Gasteiger partial charge in [-0.25, -0.2) is 0 Å². The molecule has 15 heavy (non-hydrogen) atoms. The molecule has 90 valence electrons. The molecule has 0 saturated carbocycles. The van der Waals surface area contributed by atoms with Gasteiger partial charge in [0, 0.05) is 24.1 Å². The second-order valence-electron chi connectivity index (χ2n) is 4.36. The van der Waals surface area contributed by atoms with Crippen molar-refractivity contribution in [1.29, 1.82) is 0 Å². The number of hydrogen-bond acceptors (Lipinski definition) is 3. The van der Waals surface area contributed by atoms with Crippen LogP contribution in [-0.2, 0) is 0 Å². The van der Waals surface area contributed by atoms with Crippen molar-refractivity contribution in [2.24, 2.45) is 0 Å². The average molecular weight is 230 g/mol. The van der Waals surface area contributed by atoms with Gasteiger partial charge in [-0.1, -0.05) is 13.8 Å². The molecule has 0 radical (unpaired) electrons. The monoisotopic (exact) mass is 230 g/mol. The molecule has 3 heteroatoms. The molecule has 0 amide bonds. The van der Waals surface area contributed by atoms with Crippen molar-refractivity contribution in [2.75, 3.05) is 37.7 Å². The lowest BCUT2D eigenvalue weighted by atomic mass is 10.2. The van der Waals surface area contributed by atoms with Crippen LogP contribution in [-0.4, -0.2) is 48.6 Å². The van der Waals surface area contributed by atoms with Gasteiger partial charge < -0.3 is 10.2 Å². The van der Waals surface area contributed by atoms with Crippen molar-refractivity contribution in [2.45, 2.75) is 39.2 Å². The molecule has 1 aliphatic rings. The summed E-state index contributed by atoms with van der Waals surface area (Å²) in [4.78, 5) is 2.61. The molecule has 1 atom stereocenters. The quantitative estimate of drug-likeness (QED) is 0.722. The molecule has 0 bridgehead atoms. The van der Waals surface area contributed by atoms with Gasteiger partial charge in [-0.3, -0.25) is 0 Å². The third kappa shape index (κ3) is 5.79. The van der Waals surface area contributed by atoms with Gasteiger partial charge in [-0.15, -0.1) is 0 Å². The maximum atomic E-state index is 3.61. The van der Waals surface area contributed by atoms with E-state index < -0.39 is 0 Å². The summed E-state index contributed by atoms with van der Waals surface area (Å²) in [5.74, 6) is 2.61. The fourth-order valence-electron chi connectivity index (χ4n) is 2.11. The number of nitrogens with one attached hydrogen (secondary N) is 1. The predicted octanol–water partition coefficient (Wildman–Crippen LogP) is 2.20. The summed E-state index contributed by atoms with van der Waals surface area (Å²) in [5.41, 5.74) is 0. The molecule has 0 aromatic rings. The summed E-state index contributed by atoms with van der Waals surface area (Å²) in [6.45, 7) is 9.58. The van der Waals surface area contributed by atoms with Gasteiger partial charge in [0.2, 0.25) is 0 Å². The van der Waals surface area contributed by atoms with E-state index in [-0.39, 0.29) is 0 Å². The van der Waals surface area contributed by atoms with Gasteiger partial charge in [0.25, 0.3) is 0 Å². The number of hydrogen-bond donors (Lipinski definition) is 1. The molecular formula is C12H26N2S. The van der Waals surface area contributed by atoms with Gasteiger partial charge >= 0.3 is 0 Å². The van der Waals surface area contributed by atoms with Crippen LogP contribution in [0.5, 0.6) is 0 Å². The van der Waals surface area contributed by atoms with E-state index in [2.05, 4.69) is 35.8 Å². The summed E-state index contributed by atoms with van der Waals surface area (Å²) < 4.78 is 0. The van der Waals surface area contributed by atoms with E-state index in [0.29, 0.717) is 0 Å². The van der Waals surface area contributed by atoms with Gasteiger partial charge in [-0.05, 0) is 38.9 Å². The Morgan fingerprint density at radius 2 is 1.93 bits per heavy atom. The maximum absolute atomic E-state index is 3.61. The van der Waals surface area contributed by atoms with Crippen LogP contribution < -0.4 is 5.32 Å².